The summed E-state index contributed by atoms with van der Waals surface area (Å²) in [6.07, 6.45) is 3.94. The van der Waals surface area contributed by atoms with Crippen LogP contribution in [0.25, 0.3) is 28.0 Å². The number of ether oxygens (including phenoxy) is 3. The Morgan fingerprint density at radius 2 is 1.31 bits per heavy atom. The van der Waals surface area contributed by atoms with Crippen LogP contribution in [0, 0.1) is 11.6 Å². The number of aromatic nitrogens is 2. The van der Waals surface area contributed by atoms with Crippen LogP contribution >= 0.6 is 0 Å². The number of fused-ring (bicyclic) bond motifs is 2. The fourth-order valence-corrected chi connectivity index (χ4v) is 4.38. The number of halogens is 2. The van der Waals surface area contributed by atoms with Crippen molar-refractivity contribution >= 4 is 45.9 Å². The molecule has 0 saturated carbocycles. The quantitative estimate of drug-likeness (QED) is 0.215. The molecule has 0 fully saturated rings. The van der Waals surface area contributed by atoms with Crippen LogP contribution in [0.5, 0.6) is 0 Å². The third-order valence-corrected chi connectivity index (χ3v) is 6.18. The molecule has 2 heterocycles. The van der Waals surface area contributed by atoms with Crippen molar-refractivity contribution in [2.75, 3.05) is 19.8 Å². The molecule has 2 aromatic carbocycles. The molecule has 4 rings (SSSR count). The first-order valence-corrected chi connectivity index (χ1v) is 12.9. The molecule has 10 nitrogen and oxygen atoms in total. The number of carbonyl (C=O) groups excluding carboxylic acids is 3. The summed E-state index contributed by atoms with van der Waals surface area (Å²) in [4.78, 5) is 62.9. The fourth-order valence-electron chi connectivity index (χ4n) is 4.38. The van der Waals surface area contributed by atoms with E-state index in [1.54, 1.807) is 13.8 Å². The van der Waals surface area contributed by atoms with Crippen LogP contribution < -0.4 is 10.9 Å². The number of pyridine rings is 2. The van der Waals surface area contributed by atoms with Gasteiger partial charge in [0.2, 0.25) is 10.9 Å². The second kappa shape index (κ2) is 12.6. The van der Waals surface area contributed by atoms with E-state index in [-0.39, 0.29) is 59.3 Å². The summed E-state index contributed by atoms with van der Waals surface area (Å²) in [5.74, 6) is -3.82. The van der Waals surface area contributed by atoms with Crippen molar-refractivity contribution in [3.05, 3.63) is 97.6 Å². The molecule has 42 heavy (non-hydrogen) atoms. The maximum absolute atomic E-state index is 14.1. The van der Waals surface area contributed by atoms with E-state index in [9.17, 15) is 32.8 Å². The maximum Gasteiger partial charge on any atom is 0.343 e. The number of esters is 3. The van der Waals surface area contributed by atoms with Gasteiger partial charge in [-0.25, -0.2) is 18.4 Å². The van der Waals surface area contributed by atoms with E-state index in [2.05, 4.69) is 0 Å². The standard InChI is InChI=1S/C30H26F2N2O8/c1-4-40-29(38)23-14-33(25-8-6-19(31)10-21(25)27(23)36)12-18(16-42-17(3)35)13-34-15-24(30(39)41-5-2)28(37)22-11-20(32)7-9-26(22)34/h6-12,14-15H,4-5,13,16H2,1-3H3/b18-12-. The molecule has 0 atom stereocenters. The van der Waals surface area contributed by atoms with Crippen LogP contribution in [0.4, 0.5) is 8.78 Å². The van der Waals surface area contributed by atoms with Crippen molar-refractivity contribution in [2.24, 2.45) is 0 Å². The van der Waals surface area contributed by atoms with E-state index in [1.807, 2.05) is 0 Å². The minimum Gasteiger partial charge on any atom is -0.462 e. The molecule has 0 amide bonds. The first kappa shape index (κ1) is 29.8. The van der Waals surface area contributed by atoms with E-state index in [4.69, 9.17) is 14.2 Å². The third-order valence-electron chi connectivity index (χ3n) is 6.18. The minimum absolute atomic E-state index is 0.000116. The van der Waals surface area contributed by atoms with Crippen LogP contribution in [-0.2, 0) is 25.5 Å². The lowest BCUT2D eigenvalue weighted by atomic mass is 10.1. The van der Waals surface area contributed by atoms with E-state index in [0.717, 1.165) is 24.3 Å². The van der Waals surface area contributed by atoms with Gasteiger partial charge in [0.1, 0.15) is 29.4 Å². The largest absolute Gasteiger partial charge is 0.462 e. The molecule has 0 saturated heterocycles. The lowest BCUT2D eigenvalue weighted by Gasteiger charge is -2.17. The van der Waals surface area contributed by atoms with Crippen LogP contribution in [0.1, 0.15) is 41.5 Å². The van der Waals surface area contributed by atoms with Gasteiger partial charge >= 0.3 is 17.9 Å². The lowest BCUT2D eigenvalue weighted by Crippen LogP contribution is -2.22. The second-order valence-electron chi connectivity index (χ2n) is 9.11. The Hall–Kier alpha value is -5.13. The molecule has 0 aliphatic rings. The van der Waals surface area contributed by atoms with E-state index >= 15 is 0 Å². The molecule has 0 N–H and O–H groups in total. The van der Waals surface area contributed by atoms with Gasteiger partial charge in [0.05, 0.1) is 24.2 Å². The van der Waals surface area contributed by atoms with Gasteiger partial charge in [-0.1, -0.05) is 0 Å². The highest BCUT2D eigenvalue weighted by atomic mass is 19.1. The normalized spacial score (nSPS) is 11.5. The highest BCUT2D eigenvalue weighted by Gasteiger charge is 2.20. The van der Waals surface area contributed by atoms with Gasteiger partial charge in [0.15, 0.2) is 0 Å². The highest BCUT2D eigenvalue weighted by Crippen LogP contribution is 2.20. The predicted molar refractivity (Wildman–Crippen MR) is 149 cm³/mol. The molecule has 0 unspecified atom stereocenters. The summed E-state index contributed by atoms with van der Waals surface area (Å²) in [6, 6.07) is 6.98. The van der Waals surface area contributed by atoms with Crippen LogP contribution in [0.3, 0.4) is 0 Å². The summed E-state index contributed by atoms with van der Waals surface area (Å²) >= 11 is 0. The summed E-state index contributed by atoms with van der Waals surface area (Å²) in [5.41, 5.74) is -1.31. The highest BCUT2D eigenvalue weighted by molar-refractivity contribution is 5.95. The molecular weight excluding hydrogens is 554 g/mol. The number of hydrogen-bond acceptors (Lipinski definition) is 8. The average molecular weight is 581 g/mol. The lowest BCUT2D eigenvalue weighted by molar-refractivity contribution is -0.140. The zero-order chi connectivity index (χ0) is 30.6. The molecule has 4 aromatic rings. The number of benzene rings is 2. The van der Waals surface area contributed by atoms with Gasteiger partial charge < -0.3 is 23.3 Å². The molecule has 0 aliphatic heterocycles. The van der Waals surface area contributed by atoms with Crippen molar-refractivity contribution < 1.29 is 37.4 Å². The summed E-state index contributed by atoms with van der Waals surface area (Å²) < 4.78 is 46.4. The molecule has 0 aliphatic carbocycles. The van der Waals surface area contributed by atoms with Crippen LogP contribution in [0.2, 0.25) is 0 Å². The second-order valence-corrected chi connectivity index (χ2v) is 9.11. The number of nitrogens with zero attached hydrogens (tertiary/aromatic N) is 2. The molecule has 218 valence electrons. The van der Waals surface area contributed by atoms with Crippen molar-refractivity contribution in [1.82, 2.24) is 9.13 Å². The SMILES string of the molecule is CCOC(=O)c1cn(/C=C(\COC(C)=O)Cn2cc(C(=O)OCC)c(=O)c3cc(F)ccc32)c2ccc(F)cc2c1=O. The Kier molecular flexibility index (Phi) is 8.94. The molecule has 0 bridgehead atoms. The predicted octanol–water partition coefficient (Wildman–Crippen LogP) is 4.05. The van der Waals surface area contributed by atoms with Gasteiger partial charge in [0.25, 0.3) is 0 Å². The fraction of sp³-hybridized carbons (Fsp3) is 0.233. The number of rotatable bonds is 9. The Bertz CT molecular complexity index is 1870. The van der Waals surface area contributed by atoms with Crippen LogP contribution in [0.15, 0.2) is 64.0 Å². The summed E-state index contributed by atoms with van der Waals surface area (Å²) in [7, 11) is 0. The van der Waals surface area contributed by atoms with Crippen molar-refractivity contribution in [3.63, 3.8) is 0 Å². The Morgan fingerprint density at radius 3 is 1.86 bits per heavy atom. The molecule has 12 heteroatoms. The van der Waals surface area contributed by atoms with Gasteiger partial charge in [-0.15, -0.1) is 0 Å². The van der Waals surface area contributed by atoms with Gasteiger partial charge in [-0.3, -0.25) is 14.4 Å². The number of hydrogen-bond donors (Lipinski definition) is 0. The summed E-state index contributed by atoms with van der Waals surface area (Å²) in [5, 5.41) is -0.182. The molecule has 0 spiro atoms. The maximum atomic E-state index is 14.1. The summed E-state index contributed by atoms with van der Waals surface area (Å²) in [6.45, 7) is 3.94. The van der Waals surface area contributed by atoms with Crippen molar-refractivity contribution in [1.29, 1.82) is 0 Å². The Labute approximate surface area is 237 Å². The van der Waals surface area contributed by atoms with Gasteiger partial charge in [0, 0.05) is 48.4 Å². The molecule has 0 radical (unpaired) electrons. The van der Waals surface area contributed by atoms with Gasteiger partial charge in [-0.05, 0) is 50.2 Å². The van der Waals surface area contributed by atoms with Crippen molar-refractivity contribution in [3.8, 4) is 0 Å². The van der Waals surface area contributed by atoms with E-state index < -0.39 is 40.4 Å². The van der Waals surface area contributed by atoms with Gasteiger partial charge in [-0.2, -0.15) is 0 Å². The minimum atomic E-state index is -0.912. The molecule has 2 aromatic heterocycles. The Morgan fingerprint density at radius 1 is 0.786 bits per heavy atom. The number of carbonyl (C=O) groups is 3. The van der Waals surface area contributed by atoms with Crippen LogP contribution in [-0.4, -0.2) is 46.9 Å². The monoisotopic (exact) mass is 580 g/mol. The average Bonchev–Trinajstić information content (AvgIpc) is 2.94. The molecular formula is C30H26F2N2O8. The zero-order valence-electron chi connectivity index (χ0n) is 22.9. The van der Waals surface area contributed by atoms with Crippen molar-refractivity contribution in [2.45, 2.75) is 27.3 Å². The topological polar surface area (TPSA) is 123 Å². The first-order chi connectivity index (χ1) is 20.0. The van der Waals surface area contributed by atoms with E-state index in [1.165, 1.54) is 46.8 Å². The zero-order valence-corrected chi connectivity index (χ0v) is 22.9. The first-order valence-electron chi connectivity index (χ1n) is 12.9. The smallest absolute Gasteiger partial charge is 0.343 e. The van der Waals surface area contributed by atoms with E-state index in [0.29, 0.717) is 5.57 Å². The Balaban J connectivity index is 1.96. The third kappa shape index (κ3) is 6.27.